The highest BCUT2D eigenvalue weighted by Gasteiger charge is 2.15. The third-order valence-electron chi connectivity index (χ3n) is 4.73. The molecule has 27 heavy (non-hydrogen) atoms. The van der Waals surface area contributed by atoms with E-state index in [4.69, 9.17) is 23.8 Å². The van der Waals surface area contributed by atoms with Crippen LogP contribution in [0.15, 0.2) is 18.2 Å². The molecule has 0 spiro atoms. The van der Waals surface area contributed by atoms with Crippen LogP contribution in [0.3, 0.4) is 0 Å². The van der Waals surface area contributed by atoms with Crippen molar-refractivity contribution in [2.75, 3.05) is 10.6 Å². The van der Waals surface area contributed by atoms with Crippen molar-refractivity contribution < 1.29 is 9.59 Å². The largest absolute Gasteiger partial charge is 0.331 e. The first-order chi connectivity index (χ1) is 13.0. The number of benzene rings is 1. The molecule has 1 aliphatic carbocycles. The first-order valence-electron chi connectivity index (χ1n) is 9.68. The Morgan fingerprint density at radius 2 is 1.85 bits per heavy atom. The number of carbonyl (C=O) groups is 2. The molecule has 5 nitrogen and oxygen atoms in total. The van der Waals surface area contributed by atoms with E-state index in [1.165, 1.54) is 32.1 Å². The fraction of sp³-hybridized carbons (Fsp3) is 0.550. The van der Waals surface area contributed by atoms with Crippen LogP contribution in [0.2, 0.25) is 5.02 Å². The van der Waals surface area contributed by atoms with Crippen LogP contribution in [-0.4, -0.2) is 16.9 Å². The molecule has 7 heteroatoms. The third kappa shape index (κ3) is 7.85. The number of halogens is 1. The topological polar surface area (TPSA) is 70.2 Å². The third-order valence-corrected chi connectivity index (χ3v) is 5.27. The quantitative estimate of drug-likeness (QED) is 0.537. The number of amides is 2. The van der Waals surface area contributed by atoms with Gasteiger partial charge in [-0.15, -0.1) is 0 Å². The average Bonchev–Trinajstić information content (AvgIpc) is 2.64. The van der Waals surface area contributed by atoms with Crippen LogP contribution < -0.4 is 16.0 Å². The van der Waals surface area contributed by atoms with Gasteiger partial charge in [0.1, 0.15) is 0 Å². The standard InChI is InChI=1S/C20H28ClN3O2S/c1-2-6-18(25)22-15-10-11-16(21)17(13-15)23-20(27)24-19(26)12-9-14-7-4-3-5-8-14/h10-11,13-14H,2-9,12H2,1H3,(H,22,25)(H2,23,24,26,27). The maximum absolute atomic E-state index is 12.1. The van der Waals surface area contributed by atoms with Crippen molar-refractivity contribution >= 4 is 52.1 Å². The van der Waals surface area contributed by atoms with Gasteiger partial charge < -0.3 is 16.0 Å². The van der Waals surface area contributed by atoms with E-state index in [-0.39, 0.29) is 16.9 Å². The van der Waals surface area contributed by atoms with E-state index in [0.29, 0.717) is 35.2 Å². The first kappa shape index (κ1) is 21.6. The minimum absolute atomic E-state index is 0.0515. The van der Waals surface area contributed by atoms with Crippen molar-refractivity contribution in [1.29, 1.82) is 0 Å². The molecule has 2 rings (SSSR count). The van der Waals surface area contributed by atoms with Crippen LogP contribution in [0.1, 0.15) is 64.7 Å². The van der Waals surface area contributed by atoms with E-state index in [0.717, 1.165) is 12.8 Å². The van der Waals surface area contributed by atoms with Gasteiger partial charge in [0.15, 0.2) is 5.11 Å². The maximum Gasteiger partial charge on any atom is 0.226 e. The lowest BCUT2D eigenvalue weighted by molar-refractivity contribution is -0.120. The van der Waals surface area contributed by atoms with Crippen LogP contribution in [-0.2, 0) is 9.59 Å². The summed E-state index contributed by atoms with van der Waals surface area (Å²) in [5.74, 6) is 0.523. The minimum Gasteiger partial charge on any atom is -0.331 e. The predicted molar refractivity (Wildman–Crippen MR) is 115 cm³/mol. The summed E-state index contributed by atoms with van der Waals surface area (Å²) in [5, 5.41) is 9.14. The van der Waals surface area contributed by atoms with Crippen LogP contribution in [0, 0.1) is 5.92 Å². The molecule has 1 saturated carbocycles. The Morgan fingerprint density at radius 3 is 2.56 bits per heavy atom. The molecule has 1 aliphatic rings. The summed E-state index contributed by atoms with van der Waals surface area (Å²) >= 11 is 11.4. The molecule has 1 fully saturated rings. The summed E-state index contributed by atoms with van der Waals surface area (Å²) in [5.41, 5.74) is 1.18. The zero-order valence-corrected chi connectivity index (χ0v) is 17.3. The Hall–Kier alpha value is -1.66. The highest BCUT2D eigenvalue weighted by atomic mass is 35.5. The molecule has 0 unspecified atom stereocenters. The SMILES string of the molecule is CCCC(=O)Nc1ccc(Cl)c(NC(=S)NC(=O)CCC2CCCCC2)c1. The molecule has 0 heterocycles. The van der Waals surface area contributed by atoms with Crippen LogP contribution >= 0.6 is 23.8 Å². The van der Waals surface area contributed by atoms with E-state index >= 15 is 0 Å². The molecule has 1 aromatic carbocycles. The lowest BCUT2D eigenvalue weighted by Gasteiger charge is -2.21. The number of hydrogen-bond donors (Lipinski definition) is 3. The number of nitrogens with one attached hydrogen (secondary N) is 3. The van der Waals surface area contributed by atoms with Crippen LogP contribution in [0.4, 0.5) is 11.4 Å². The Labute approximate surface area is 171 Å². The molecular weight excluding hydrogens is 382 g/mol. The zero-order valence-electron chi connectivity index (χ0n) is 15.8. The van der Waals surface area contributed by atoms with E-state index in [2.05, 4.69) is 16.0 Å². The van der Waals surface area contributed by atoms with Crippen molar-refractivity contribution in [2.45, 2.75) is 64.7 Å². The predicted octanol–water partition coefficient (Wildman–Crippen LogP) is 5.25. The van der Waals surface area contributed by atoms with Crippen molar-refractivity contribution in [3.63, 3.8) is 0 Å². The van der Waals surface area contributed by atoms with Gasteiger partial charge in [-0.25, -0.2) is 0 Å². The lowest BCUT2D eigenvalue weighted by atomic mass is 9.86. The highest BCUT2D eigenvalue weighted by Crippen LogP contribution is 2.27. The van der Waals surface area contributed by atoms with Gasteiger partial charge >= 0.3 is 0 Å². The van der Waals surface area contributed by atoms with Gasteiger partial charge in [-0.2, -0.15) is 0 Å². The monoisotopic (exact) mass is 409 g/mol. The summed E-state index contributed by atoms with van der Waals surface area (Å²) < 4.78 is 0. The fourth-order valence-corrected chi connectivity index (χ4v) is 3.69. The maximum atomic E-state index is 12.1. The van der Waals surface area contributed by atoms with Gasteiger partial charge in [0, 0.05) is 18.5 Å². The fourth-order valence-electron chi connectivity index (χ4n) is 3.30. The first-order valence-corrected chi connectivity index (χ1v) is 10.5. The number of rotatable bonds is 7. The molecule has 148 valence electrons. The van der Waals surface area contributed by atoms with Gasteiger partial charge in [0.05, 0.1) is 10.7 Å². The molecule has 0 atom stereocenters. The number of thiocarbonyl (C=S) groups is 1. The molecule has 2 amide bonds. The number of hydrogen-bond acceptors (Lipinski definition) is 3. The van der Waals surface area contributed by atoms with Crippen LogP contribution in [0.25, 0.3) is 0 Å². The molecule has 0 bridgehead atoms. The second kappa shape index (κ2) is 11.2. The highest BCUT2D eigenvalue weighted by molar-refractivity contribution is 7.80. The normalized spacial score (nSPS) is 14.4. The van der Waals surface area contributed by atoms with Crippen molar-refractivity contribution in [1.82, 2.24) is 5.32 Å². The molecule has 1 aromatic rings. The molecule has 0 saturated heterocycles. The minimum atomic E-state index is -0.0819. The van der Waals surface area contributed by atoms with E-state index < -0.39 is 0 Å². The second-order valence-electron chi connectivity index (χ2n) is 7.04. The van der Waals surface area contributed by atoms with E-state index in [9.17, 15) is 9.59 Å². The van der Waals surface area contributed by atoms with Gasteiger partial charge in [-0.3, -0.25) is 9.59 Å². The number of carbonyl (C=O) groups excluding carboxylic acids is 2. The molecule has 0 aromatic heterocycles. The van der Waals surface area contributed by atoms with E-state index in [1.807, 2.05) is 6.92 Å². The molecule has 0 radical (unpaired) electrons. The van der Waals surface area contributed by atoms with Gasteiger partial charge in [-0.1, -0.05) is 50.6 Å². The second-order valence-corrected chi connectivity index (χ2v) is 7.85. The van der Waals surface area contributed by atoms with E-state index in [1.54, 1.807) is 18.2 Å². The van der Waals surface area contributed by atoms with Crippen molar-refractivity contribution in [3.05, 3.63) is 23.2 Å². The molecule has 0 aliphatic heterocycles. The summed E-state index contributed by atoms with van der Waals surface area (Å²) in [6.45, 7) is 1.95. The number of anilines is 2. The van der Waals surface area contributed by atoms with Gasteiger partial charge in [0.2, 0.25) is 11.8 Å². The summed E-state index contributed by atoms with van der Waals surface area (Å²) in [4.78, 5) is 23.9. The zero-order chi connectivity index (χ0) is 19.6. The molecule has 3 N–H and O–H groups in total. The Kier molecular flexibility index (Phi) is 9.01. The Bertz CT molecular complexity index is 675. The van der Waals surface area contributed by atoms with Crippen LogP contribution in [0.5, 0.6) is 0 Å². The van der Waals surface area contributed by atoms with Crippen molar-refractivity contribution in [2.24, 2.45) is 5.92 Å². The van der Waals surface area contributed by atoms with Crippen molar-refractivity contribution in [3.8, 4) is 0 Å². The Balaban J connectivity index is 1.83. The molecular formula is C20H28ClN3O2S. The average molecular weight is 410 g/mol. The summed E-state index contributed by atoms with van der Waals surface area (Å²) in [6.07, 6.45) is 8.94. The van der Waals surface area contributed by atoms with Gasteiger partial charge in [0.25, 0.3) is 0 Å². The summed E-state index contributed by atoms with van der Waals surface area (Å²) in [7, 11) is 0. The smallest absolute Gasteiger partial charge is 0.226 e. The lowest BCUT2D eigenvalue weighted by Crippen LogP contribution is -2.34. The Morgan fingerprint density at radius 1 is 1.11 bits per heavy atom. The van der Waals surface area contributed by atoms with Gasteiger partial charge in [-0.05, 0) is 49.2 Å². The summed E-state index contributed by atoms with van der Waals surface area (Å²) in [6, 6.07) is 5.11.